The minimum absolute atomic E-state index is 0.0192. The third kappa shape index (κ3) is 4.58. The van der Waals surface area contributed by atoms with E-state index in [1.54, 1.807) is 11.8 Å². The van der Waals surface area contributed by atoms with Crippen LogP contribution in [-0.4, -0.2) is 14.1 Å². The fraction of sp³-hybridized carbons (Fsp3) is 0.189. The molecule has 7 rings (SSSR count). The van der Waals surface area contributed by atoms with Gasteiger partial charge in [-0.05, 0) is 92.9 Å². The summed E-state index contributed by atoms with van der Waals surface area (Å²) in [6.07, 6.45) is 4.17. The lowest BCUT2D eigenvalue weighted by molar-refractivity contribution is -0.731. The Hall–Kier alpha value is -4.35. The van der Waals surface area contributed by atoms with Gasteiger partial charge in [-0.2, -0.15) is 4.57 Å². The van der Waals surface area contributed by atoms with Gasteiger partial charge in [0.15, 0.2) is 11.0 Å². The Morgan fingerprint density at radius 2 is 1.45 bits per heavy atom. The molecule has 0 bridgehead atoms. The first-order chi connectivity index (χ1) is 20.3. The first-order valence-corrected chi connectivity index (χ1v) is 15.4. The standard InChI is InChI=1S/C37H35N4S/c1-25(2)26-19-20-38-36(21-26)41-32-14-7-6-13-30(32)31-18-17-29(23-35(31)41)42-28-12-10-11-27(22-28)39-24-40(37(3,4)5)34-16-9-8-15-33(34)39/h6-25H,1-5H3/q+1. The largest absolute Gasteiger partial charge is 0.294 e. The highest BCUT2D eigenvalue weighted by Gasteiger charge is 2.26. The first kappa shape index (κ1) is 26.5. The molecule has 3 heterocycles. The van der Waals surface area contributed by atoms with Crippen molar-refractivity contribution < 1.29 is 4.57 Å². The average molecular weight is 568 g/mol. The van der Waals surface area contributed by atoms with Crippen LogP contribution in [0.4, 0.5) is 0 Å². The molecule has 0 radical (unpaired) electrons. The highest BCUT2D eigenvalue weighted by atomic mass is 32.2. The van der Waals surface area contributed by atoms with Crippen molar-refractivity contribution in [2.45, 2.75) is 55.9 Å². The number of rotatable bonds is 5. The molecule has 4 nitrogen and oxygen atoms in total. The van der Waals surface area contributed by atoms with Crippen LogP contribution in [0.3, 0.4) is 0 Å². The van der Waals surface area contributed by atoms with E-state index in [-0.39, 0.29) is 5.54 Å². The van der Waals surface area contributed by atoms with E-state index in [1.165, 1.54) is 48.2 Å². The molecular formula is C37H35N4S+. The fourth-order valence-corrected chi connectivity index (χ4v) is 6.77. The summed E-state index contributed by atoms with van der Waals surface area (Å²) in [7, 11) is 0. The SMILES string of the molecule is CC(C)c1ccnc(-n2c3ccccc3c3ccc(Sc4cccc(-n5c[n+](C(C)(C)C)c6ccccc65)c4)cc32)c1. The molecule has 0 aliphatic rings. The summed E-state index contributed by atoms with van der Waals surface area (Å²) >= 11 is 1.80. The Bertz CT molecular complexity index is 2090. The van der Waals surface area contributed by atoms with Crippen LogP contribution in [0.2, 0.25) is 0 Å². The van der Waals surface area contributed by atoms with Gasteiger partial charge >= 0.3 is 0 Å². The van der Waals surface area contributed by atoms with Gasteiger partial charge in [-0.3, -0.25) is 4.57 Å². The number of hydrogen-bond acceptors (Lipinski definition) is 2. The predicted molar refractivity (Wildman–Crippen MR) is 175 cm³/mol. The number of nitrogens with zero attached hydrogens (tertiary/aromatic N) is 4. The first-order valence-electron chi connectivity index (χ1n) is 14.6. The molecular weight excluding hydrogens is 533 g/mol. The molecule has 0 atom stereocenters. The fourth-order valence-electron chi connectivity index (χ4n) is 5.86. The molecule has 0 saturated heterocycles. The Balaban J connectivity index is 1.32. The summed E-state index contributed by atoms with van der Waals surface area (Å²) in [5, 5.41) is 2.49. The van der Waals surface area contributed by atoms with Crippen LogP contribution in [0.25, 0.3) is 44.3 Å². The zero-order valence-electron chi connectivity index (χ0n) is 24.7. The lowest BCUT2D eigenvalue weighted by atomic mass is 10.1. The molecule has 0 amide bonds. The third-order valence-corrected chi connectivity index (χ3v) is 8.98. The molecule has 0 unspecified atom stereocenters. The van der Waals surface area contributed by atoms with Crippen LogP contribution in [0.5, 0.6) is 0 Å². The second-order valence-corrected chi connectivity index (χ2v) is 13.4. The zero-order chi connectivity index (χ0) is 29.0. The maximum atomic E-state index is 4.82. The maximum Gasteiger partial charge on any atom is 0.250 e. The molecule has 0 fully saturated rings. The van der Waals surface area contributed by atoms with Gasteiger partial charge < -0.3 is 0 Å². The van der Waals surface area contributed by atoms with Crippen LogP contribution < -0.4 is 4.57 Å². The lowest BCUT2D eigenvalue weighted by Crippen LogP contribution is -2.49. The Kier molecular flexibility index (Phi) is 6.43. The van der Waals surface area contributed by atoms with E-state index in [0.717, 1.165) is 11.5 Å². The molecule has 0 aliphatic carbocycles. The van der Waals surface area contributed by atoms with E-state index in [1.807, 2.05) is 6.20 Å². The minimum atomic E-state index is -0.0192. The summed E-state index contributed by atoms with van der Waals surface area (Å²) in [5.41, 5.74) is 7.22. The van der Waals surface area contributed by atoms with Crippen molar-refractivity contribution in [1.82, 2.24) is 14.1 Å². The number of pyridine rings is 1. The molecule has 3 aromatic heterocycles. The molecule has 208 valence electrons. The Labute approximate surface area is 251 Å². The minimum Gasteiger partial charge on any atom is -0.294 e. The van der Waals surface area contributed by atoms with Crippen LogP contribution in [0, 0.1) is 0 Å². The van der Waals surface area contributed by atoms with Crippen LogP contribution >= 0.6 is 11.8 Å². The second kappa shape index (κ2) is 10.2. The molecule has 5 heteroatoms. The highest BCUT2D eigenvalue weighted by molar-refractivity contribution is 7.99. The Morgan fingerprint density at radius 3 is 2.26 bits per heavy atom. The topological polar surface area (TPSA) is 26.6 Å². The maximum absolute atomic E-state index is 4.82. The molecule has 0 saturated carbocycles. The van der Waals surface area contributed by atoms with E-state index in [0.29, 0.717) is 5.92 Å². The molecule has 42 heavy (non-hydrogen) atoms. The third-order valence-electron chi connectivity index (χ3n) is 8.00. The summed E-state index contributed by atoms with van der Waals surface area (Å²) in [5.74, 6) is 1.40. The van der Waals surface area contributed by atoms with Crippen molar-refractivity contribution in [1.29, 1.82) is 0 Å². The van der Waals surface area contributed by atoms with Gasteiger partial charge in [0.05, 0.1) is 11.0 Å². The average Bonchev–Trinajstić information content (AvgIpc) is 3.54. The van der Waals surface area contributed by atoms with Gasteiger partial charge in [-0.25, -0.2) is 9.55 Å². The number of para-hydroxylation sites is 3. The van der Waals surface area contributed by atoms with Crippen molar-refractivity contribution in [3.8, 4) is 11.5 Å². The highest BCUT2D eigenvalue weighted by Crippen LogP contribution is 2.37. The van der Waals surface area contributed by atoms with E-state index in [9.17, 15) is 0 Å². The van der Waals surface area contributed by atoms with Gasteiger partial charge in [0.1, 0.15) is 17.0 Å². The number of aromatic nitrogens is 4. The number of hydrogen-bond donors (Lipinski definition) is 0. The van der Waals surface area contributed by atoms with E-state index < -0.39 is 0 Å². The summed E-state index contributed by atoms with van der Waals surface area (Å²) in [6, 6.07) is 37.3. The van der Waals surface area contributed by atoms with Crippen LogP contribution in [0.15, 0.2) is 125 Å². The number of imidazole rings is 1. The van der Waals surface area contributed by atoms with Gasteiger partial charge in [0, 0.05) is 26.8 Å². The van der Waals surface area contributed by atoms with Gasteiger partial charge in [0.2, 0.25) is 6.33 Å². The van der Waals surface area contributed by atoms with Crippen LogP contribution in [-0.2, 0) is 5.54 Å². The predicted octanol–water partition coefficient (Wildman–Crippen LogP) is 9.44. The van der Waals surface area contributed by atoms with Crippen molar-refractivity contribution in [2.24, 2.45) is 0 Å². The van der Waals surface area contributed by atoms with Gasteiger partial charge in [-0.1, -0.05) is 68.1 Å². The molecule has 0 spiro atoms. The second-order valence-electron chi connectivity index (χ2n) is 12.2. The number of fused-ring (bicyclic) bond motifs is 4. The van der Waals surface area contributed by atoms with Crippen molar-refractivity contribution in [3.63, 3.8) is 0 Å². The van der Waals surface area contributed by atoms with E-state index in [2.05, 4.69) is 158 Å². The normalized spacial score (nSPS) is 12.2. The van der Waals surface area contributed by atoms with Crippen LogP contribution in [0.1, 0.15) is 46.1 Å². The smallest absolute Gasteiger partial charge is 0.250 e. The molecule has 0 aliphatic heterocycles. The Morgan fingerprint density at radius 1 is 0.714 bits per heavy atom. The van der Waals surface area contributed by atoms with Gasteiger partial charge in [0.25, 0.3) is 0 Å². The summed E-state index contributed by atoms with van der Waals surface area (Å²) in [6.45, 7) is 11.2. The molecule has 4 aromatic carbocycles. The van der Waals surface area contributed by atoms with E-state index in [4.69, 9.17) is 4.98 Å². The zero-order valence-corrected chi connectivity index (χ0v) is 25.6. The monoisotopic (exact) mass is 567 g/mol. The molecule has 0 N–H and O–H groups in total. The molecule has 7 aromatic rings. The number of benzene rings is 4. The summed E-state index contributed by atoms with van der Waals surface area (Å²) < 4.78 is 6.98. The summed E-state index contributed by atoms with van der Waals surface area (Å²) in [4.78, 5) is 7.22. The van der Waals surface area contributed by atoms with Crippen molar-refractivity contribution in [3.05, 3.63) is 121 Å². The lowest BCUT2D eigenvalue weighted by Gasteiger charge is -2.14. The van der Waals surface area contributed by atoms with Crippen molar-refractivity contribution in [2.75, 3.05) is 0 Å². The van der Waals surface area contributed by atoms with E-state index >= 15 is 0 Å². The van der Waals surface area contributed by atoms with Crippen molar-refractivity contribution >= 4 is 44.6 Å². The van der Waals surface area contributed by atoms with Gasteiger partial charge in [-0.15, -0.1) is 0 Å². The quantitative estimate of drug-likeness (QED) is 0.194.